The lowest BCUT2D eigenvalue weighted by molar-refractivity contribution is -0.0562. The van der Waals surface area contributed by atoms with E-state index in [0.717, 1.165) is 37.8 Å². The molecule has 128 valence electrons. The molecule has 2 bridgehead atoms. The average Bonchev–Trinajstić information content (AvgIpc) is 2.59. The summed E-state index contributed by atoms with van der Waals surface area (Å²) in [6.07, 6.45) is 6.63. The molecule has 3 aliphatic heterocycles. The highest BCUT2D eigenvalue weighted by atomic mass is 16.1. The van der Waals surface area contributed by atoms with E-state index in [1.165, 1.54) is 37.1 Å². The van der Waals surface area contributed by atoms with E-state index < -0.39 is 0 Å². The Bertz CT molecular complexity index is 706. The van der Waals surface area contributed by atoms with Crippen molar-refractivity contribution in [2.24, 2.45) is 23.0 Å². The van der Waals surface area contributed by atoms with Crippen molar-refractivity contribution in [3.05, 3.63) is 34.9 Å². The first-order valence-corrected chi connectivity index (χ1v) is 9.69. The van der Waals surface area contributed by atoms with Crippen LogP contribution in [-0.2, 0) is 12.0 Å². The third-order valence-electron chi connectivity index (χ3n) is 7.75. The number of aryl methyl sites for hydroxylation is 1. The first-order valence-electron chi connectivity index (χ1n) is 9.69. The quantitative estimate of drug-likeness (QED) is 0.863. The van der Waals surface area contributed by atoms with Crippen LogP contribution in [-0.4, -0.2) is 30.3 Å². The molecule has 0 amide bonds. The van der Waals surface area contributed by atoms with Crippen LogP contribution in [0.25, 0.3) is 0 Å². The number of carbonyl (C=O) groups is 1. The van der Waals surface area contributed by atoms with Gasteiger partial charge in [-0.3, -0.25) is 4.79 Å². The molecule has 3 saturated heterocycles. The Morgan fingerprint density at radius 1 is 1.25 bits per heavy atom. The van der Waals surface area contributed by atoms with Crippen molar-refractivity contribution >= 4 is 5.78 Å². The molecular formula is C21H28N2O. The van der Waals surface area contributed by atoms with Crippen LogP contribution in [0.15, 0.2) is 18.2 Å². The highest BCUT2D eigenvalue weighted by molar-refractivity contribution is 6.01. The molecule has 3 nitrogen and oxygen atoms in total. The molecule has 1 unspecified atom stereocenters. The van der Waals surface area contributed by atoms with E-state index in [0.29, 0.717) is 11.7 Å². The summed E-state index contributed by atoms with van der Waals surface area (Å²) in [5.74, 6) is 1.16. The summed E-state index contributed by atoms with van der Waals surface area (Å²) in [7, 11) is 0. The van der Waals surface area contributed by atoms with Gasteiger partial charge in [-0.15, -0.1) is 0 Å². The van der Waals surface area contributed by atoms with Gasteiger partial charge in [0.2, 0.25) is 0 Å². The summed E-state index contributed by atoms with van der Waals surface area (Å²) in [5, 5.41) is 0. The Hall–Kier alpha value is -1.19. The maximum Gasteiger partial charge on any atom is 0.166 e. The number of nitrogens with zero attached hydrogens (tertiary/aromatic N) is 1. The monoisotopic (exact) mass is 324 g/mol. The van der Waals surface area contributed by atoms with E-state index in [4.69, 9.17) is 5.73 Å². The van der Waals surface area contributed by atoms with Crippen LogP contribution in [0.4, 0.5) is 0 Å². The maximum atomic E-state index is 13.5. The summed E-state index contributed by atoms with van der Waals surface area (Å²) in [6.45, 7) is 5.90. The van der Waals surface area contributed by atoms with E-state index in [-0.39, 0.29) is 16.9 Å². The first kappa shape index (κ1) is 15.1. The van der Waals surface area contributed by atoms with Crippen molar-refractivity contribution in [1.82, 2.24) is 4.90 Å². The molecule has 5 aliphatic rings. The van der Waals surface area contributed by atoms with Gasteiger partial charge >= 0.3 is 0 Å². The molecule has 24 heavy (non-hydrogen) atoms. The smallest absolute Gasteiger partial charge is 0.166 e. The predicted octanol–water partition coefficient (Wildman–Crippen LogP) is 3.11. The molecule has 0 aromatic heterocycles. The molecule has 0 radical (unpaired) electrons. The maximum absolute atomic E-state index is 13.5. The summed E-state index contributed by atoms with van der Waals surface area (Å²) in [6, 6.07) is 6.30. The molecule has 0 spiro atoms. The molecule has 2 N–H and O–H groups in total. The van der Waals surface area contributed by atoms with E-state index >= 15 is 0 Å². The van der Waals surface area contributed by atoms with Crippen LogP contribution in [0.1, 0.15) is 60.5 Å². The standard InChI is InChI=1S/C21H28N2O/c1-20(13-23-10-7-15(20)8-11-23)17-12-21(22)9-3-5-14-4-2-6-16(18(14)21)19(17)24/h2,4,6,15,17H,3,5,7-13,22H2,1H3/t17-,20?,21+/m1/s1. The van der Waals surface area contributed by atoms with Gasteiger partial charge in [-0.25, -0.2) is 0 Å². The van der Waals surface area contributed by atoms with E-state index in [2.05, 4.69) is 24.0 Å². The molecule has 3 atom stereocenters. The minimum Gasteiger partial charge on any atom is -0.321 e. The zero-order valence-corrected chi connectivity index (χ0v) is 14.7. The second-order valence-electron chi connectivity index (χ2n) is 9.03. The topological polar surface area (TPSA) is 46.3 Å². The first-order chi connectivity index (χ1) is 11.5. The second kappa shape index (κ2) is 4.92. The van der Waals surface area contributed by atoms with Gasteiger partial charge in [0.15, 0.2) is 5.78 Å². The minimum absolute atomic E-state index is 0.0939. The van der Waals surface area contributed by atoms with Crippen molar-refractivity contribution in [2.75, 3.05) is 19.6 Å². The third kappa shape index (κ3) is 1.89. The van der Waals surface area contributed by atoms with Crippen LogP contribution in [0.3, 0.4) is 0 Å². The van der Waals surface area contributed by atoms with Crippen molar-refractivity contribution in [3.8, 4) is 0 Å². The van der Waals surface area contributed by atoms with Crippen molar-refractivity contribution in [1.29, 1.82) is 0 Å². The molecule has 3 heterocycles. The number of nitrogens with two attached hydrogens (primary N) is 1. The number of carbonyl (C=O) groups excluding carboxylic acids is 1. The number of Topliss-reactive ketones (excluding diaryl/α,β-unsaturated/α-hetero) is 1. The van der Waals surface area contributed by atoms with Crippen LogP contribution >= 0.6 is 0 Å². The molecule has 6 rings (SSSR count). The molecular weight excluding hydrogens is 296 g/mol. The lowest BCUT2D eigenvalue weighted by atomic mass is 9.53. The van der Waals surface area contributed by atoms with Crippen LogP contribution in [0.5, 0.6) is 0 Å². The van der Waals surface area contributed by atoms with Gasteiger partial charge in [0.1, 0.15) is 0 Å². The van der Waals surface area contributed by atoms with E-state index in [1.807, 2.05) is 6.07 Å². The normalized spacial score (nSPS) is 43.6. The molecule has 3 heteroatoms. The fraction of sp³-hybridized carbons (Fsp3) is 0.667. The van der Waals surface area contributed by atoms with Gasteiger partial charge in [-0.1, -0.05) is 25.1 Å². The highest BCUT2D eigenvalue weighted by Gasteiger charge is 2.55. The molecule has 2 aliphatic carbocycles. The number of rotatable bonds is 1. The Morgan fingerprint density at radius 3 is 2.75 bits per heavy atom. The Kier molecular flexibility index (Phi) is 3.10. The van der Waals surface area contributed by atoms with Crippen LogP contribution < -0.4 is 5.73 Å². The third-order valence-corrected chi connectivity index (χ3v) is 7.75. The van der Waals surface area contributed by atoms with E-state index in [1.54, 1.807) is 0 Å². The van der Waals surface area contributed by atoms with Gasteiger partial charge in [0, 0.05) is 23.6 Å². The largest absolute Gasteiger partial charge is 0.321 e. The number of hydrogen-bond acceptors (Lipinski definition) is 3. The summed E-state index contributed by atoms with van der Waals surface area (Å²) < 4.78 is 0. The molecule has 3 fully saturated rings. The number of fused-ring (bicyclic) bond motifs is 3. The fourth-order valence-electron chi connectivity index (χ4n) is 6.46. The number of ketones is 1. The van der Waals surface area contributed by atoms with Crippen molar-refractivity contribution < 1.29 is 4.79 Å². The minimum atomic E-state index is -0.280. The van der Waals surface area contributed by atoms with Gasteiger partial charge < -0.3 is 10.6 Å². The SMILES string of the molecule is CC1([C@@H]2C[C@@]3(N)CCCc4cccc(c43)C2=O)CN2CCC1CC2. The summed E-state index contributed by atoms with van der Waals surface area (Å²) in [4.78, 5) is 16.1. The molecule has 1 aromatic rings. The Balaban J connectivity index is 1.62. The Labute approximate surface area is 144 Å². The lowest BCUT2D eigenvalue weighted by Crippen LogP contribution is -2.60. The number of hydrogen-bond donors (Lipinski definition) is 1. The highest BCUT2D eigenvalue weighted by Crippen LogP contribution is 2.54. The fourth-order valence-corrected chi connectivity index (χ4v) is 6.46. The zero-order valence-electron chi connectivity index (χ0n) is 14.7. The van der Waals surface area contributed by atoms with Crippen LogP contribution in [0.2, 0.25) is 0 Å². The number of benzene rings is 1. The second-order valence-corrected chi connectivity index (χ2v) is 9.03. The predicted molar refractivity (Wildman–Crippen MR) is 95.0 cm³/mol. The summed E-state index contributed by atoms with van der Waals surface area (Å²) >= 11 is 0. The van der Waals surface area contributed by atoms with Gasteiger partial charge in [-0.2, -0.15) is 0 Å². The zero-order chi connectivity index (χ0) is 16.5. The van der Waals surface area contributed by atoms with Crippen molar-refractivity contribution in [3.63, 3.8) is 0 Å². The molecule has 1 aromatic carbocycles. The average molecular weight is 324 g/mol. The lowest BCUT2D eigenvalue weighted by Gasteiger charge is -2.57. The van der Waals surface area contributed by atoms with Gasteiger partial charge in [0.25, 0.3) is 0 Å². The Morgan fingerprint density at radius 2 is 2.04 bits per heavy atom. The van der Waals surface area contributed by atoms with E-state index in [9.17, 15) is 4.79 Å². The van der Waals surface area contributed by atoms with Crippen LogP contribution in [0, 0.1) is 17.3 Å². The summed E-state index contributed by atoms with van der Waals surface area (Å²) in [5.41, 5.74) is 10.3. The molecule has 0 saturated carbocycles. The number of piperidine rings is 3. The van der Waals surface area contributed by atoms with Crippen molar-refractivity contribution in [2.45, 2.75) is 51.0 Å². The van der Waals surface area contributed by atoms with Gasteiger partial charge in [-0.05, 0) is 74.1 Å². The van der Waals surface area contributed by atoms with Gasteiger partial charge in [0.05, 0.1) is 0 Å².